The van der Waals surface area contributed by atoms with Crippen LogP contribution in [0.2, 0.25) is 0 Å². The van der Waals surface area contributed by atoms with Crippen molar-refractivity contribution in [1.29, 1.82) is 0 Å². The summed E-state index contributed by atoms with van der Waals surface area (Å²) in [5, 5.41) is 2.94. The summed E-state index contributed by atoms with van der Waals surface area (Å²) < 4.78 is 12.1. The number of hydrogen-bond donors (Lipinski definition) is 2. The third-order valence-corrected chi connectivity index (χ3v) is 5.39. The van der Waals surface area contributed by atoms with Crippen molar-refractivity contribution >= 4 is 22.6 Å². The summed E-state index contributed by atoms with van der Waals surface area (Å²) in [5.74, 6) is 1.10. The van der Waals surface area contributed by atoms with E-state index in [1.807, 2.05) is 13.8 Å². The number of pyridine rings is 1. The summed E-state index contributed by atoms with van der Waals surface area (Å²) in [7, 11) is 0. The fraction of sp³-hybridized carbons (Fsp3) is 0.364. The number of fused-ring (bicyclic) bond motifs is 2. The van der Waals surface area contributed by atoms with E-state index in [0.717, 1.165) is 18.5 Å². The smallest absolute Gasteiger partial charge is 0.330 e. The van der Waals surface area contributed by atoms with E-state index in [2.05, 4.69) is 15.3 Å². The molecule has 1 aromatic carbocycles. The number of hydrogen-bond acceptors (Lipinski definition) is 6. The molecule has 0 spiro atoms. The summed E-state index contributed by atoms with van der Waals surface area (Å²) in [6.07, 6.45) is 1.94. The SMILES string of the molecule is CC(C)Cn1c(=O)[nH]c(=O)c2c(C(=O)Nc3ccc4c(c3)OCO4)cc(C3CC3)nc21. The molecular weight excluding hydrogens is 400 g/mol. The highest BCUT2D eigenvalue weighted by atomic mass is 16.7. The van der Waals surface area contributed by atoms with Crippen LogP contribution in [0.15, 0.2) is 33.9 Å². The van der Waals surface area contributed by atoms with E-state index in [1.54, 1.807) is 24.3 Å². The average molecular weight is 422 g/mol. The molecule has 3 heterocycles. The van der Waals surface area contributed by atoms with Gasteiger partial charge in [0.15, 0.2) is 17.1 Å². The lowest BCUT2D eigenvalue weighted by atomic mass is 10.1. The van der Waals surface area contributed by atoms with Crippen LogP contribution < -0.4 is 26.0 Å². The Morgan fingerprint density at radius 3 is 2.74 bits per heavy atom. The molecule has 5 rings (SSSR count). The summed E-state index contributed by atoms with van der Waals surface area (Å²) >= 11 is 0. The number of H-pyrrole nitrogens is 1. The van der Waals surface area contributed by atoms with E-state index < -0.39 is 17.2 Å². The molecule has 0 radical (unpaired) electrons. The first-order chi connectivity index (χ1) is 14.9. The number of aromatic nitrogens is 3. The molecule has 31 heavy (non-hydrogen) atoms. The summed E-state index contributed by atoms with van der Waals surface area (Å²) in [4.78, 5) is 45.5. The number of nitrogens with one attached hydrogen (secondary N) is 2. The molecule has 0 saturated heterocycles. The van der Waals surface area contributed by atoms with Crippen LogP contribution in [0.3, 0.4) is 0 Å². The van der Waals surface area contributed by atoms with E-state index in [4.69, 9.17) is 9.47 Å². The van der Waals surface area contributed by atoms with Gasteiger partial charge in [0.25, 0.3) is 11.5 Å². The summed E-state index contributed by atoms with van der Waals surface area (Å²) in [5.41, 5.74) is 0.551. The Morgan fingerprint density at radius 2 is 2.00 bits per heavy atom. The number of benzene rings is 1. The predicted molar refractivity (Wildman–Crippen MR) is 114 cm³/mol. The van der Waals surface area contributed by atoms with Gasteiger partial charge in [0.05, 0.1) is 10.9 Å². The first-order valence-corrected chi connectivity index (χ1v) is 10.3. The molecule has 0 atom stereocenters. The number of carbonyl (C=O) groups excluding carboxylic acids is 1. The maximum Gasteiger partial charge on any atom is 0.330 e. The Kier molecular flexibility index (Phi) is 4.53. The van der Waals surface area contributed by atoms with Gasteiger partial charge < -0.3 is 14.8 Å². The molecule has 2 N–H and O–H groups in total. The van der Waals surface area contributed by atoms with Gasteiger partial charge in [-0.05, 0) is 37.0 Å². The van der Waals surface area contributed by atoms with E-state index in [-0.39, 0.29) is 35.2 Å². The third kappa shape index (κ3) is 3.56. The number of anilines is 1. The largest absolute Gasteiger partial charge is 0.454 e. The fourth-order valence-corrected chi connectivity index (χ4v) is 3.77. The van der Waals surface area contributed by atoms with Crippen LogP contribution in [0, 0.1) is 5.92 Å². The van der Waals surface area contributed by atoms with Gasteiger partial charge in [-0.1, -0.05) is 13.8 Å². The lowest BCUT2D eigenvalue weighted by molar-refractivity contribution is 0.102. The zero-order valence-electron chi connectivity index (χ0n) is 17.2. The number of ether oxygens (including phenoxy) is 2. The zero-order valence-corrected chi connectivity index (χ0v) is 17.2. The molecule has 3 aromatic rings. The number of rotatable bonds is 5. The van der Waals surface area contributed by atoms with Crippen molar-refractivity contribution in [2.24, 2.45) is 5.92 Å². The van der Waals surface area contributed by atoms with Gasteiger partial charge in [-0.15, -0.1) is 0 Å². The Bertz CT molecular complexity index is 1320. The lowest BCUT2D eigenvalue weighted by Gasteiger charge is -2.15. The molecule has 1 amide bonds. The van der Waals surface area contributed by atoms with Crippen molar-refractivity contribution in [2.45, 2.75) is 39.2 Å². The Balaban J connectivity index is 1.64. The Morgan fingerprint density at radius 1 is 1.23 bits per heavy atom. The number of nitrogens with zero attached hydrogens (tertiary/aromatic N) is 2. The van der Waals surface area contributed by atoms with Crippen LogP contribution in [0.5, 0.6) is 11.5 Å². The van der Waals surface area contributed by atoms with Crippen LogP contribution in [-0.4, -0.2) is 27.2 Å². The van der Waals surface area contributed by atoms with E-state index in [0.29, 0.717) is 23.7 Å². The van der Waals surface area contributed by atoms with Gasteiger partial charge in [-0.3, -0.25) is 19.1 Å². The minimum absolute atomic E-state index is 0.114. The zero-order chi connectivity index (χ0) is 21.7. The highest BCUT2D eigenvalue weighted by molar-refractivity contribution is 6.12. The van der Waals surface area contributed by atoms with Crippen LogP contribution in [0.4, 0.5) is 5.69 Å². The Labute approximate surface area is 177 Å². The normalized spacial score (nSPS) is 14.9. The molecule has 1 aliphatic carbocycles. The molecule has 2 aromatic heterocycles. The molecule has 0 bridgehead atoms. The highest BCUT2D eigenvalue weighted by Crippen LogP contribution is 2.40. The van der Waals surface area contributed by atoms with Crippen LogP contribution in [0.25, 0.3) is 11.0 Å². The summed E-state index contributed by atoms with van der Waals surface area (Å²) in [6.45, 7) is 4.47. The Hall–Kier alpha value is -3.62. The average Bonchev–Trinajstić information content (AvgIpc) is 3.47. The van der Waals surface area contributed by atoms with Gasteiger partial charge in [-0.25, -0.2) is 9.78 Å². The highest BCUT2D eigenvalue weighted by Gasteiger charge is 2.29. The standard InChI is InChI=1S/C22H22N4O5/c1-11(2)9-26-19-18(21(28)25-22(26)29)14(8-15(24-19)12-3-4-12)20(27)23-13-5-6-16-17(7-13)31-10-30-16/h5-8,11-12H,3-4,9-10H2,1-2H3,(H,23,27)(H,25,28,29). The second-order valence-corrected chi connectivity index (χ2v) is 8.35. The second-order valence-electron chi connectivity index (χ2n) is 8.35. The van der Waals surface area contributed by atoms with Crippen molar-refractivity contribution in [3.05, 3.63) is 56.4 Å². The van der Waals surface area contributed by atoms with E-state index >= 15 is 0 Å². The van der Waals surface area contributed by atoms with Gasteiger partial charge in [0.1, 0.15) is 0 Å². The minimum Gasteiger partial charge on any atom is -0.454 e. The monoisotopic (exact) mass is 422 g/mol. The number of carbonyl (C=O) groups is 1. The van der Waals surface area contributed by atoms with Gasteiger partial charge in [0.2, 0.25) is 6.79 Å². The van der Waals surface area contributed by atoms with E-state index in [9.17, 15) is 14.4 Å². The van der Waals surface area contributed by atoms with Crippen molar-refractivity contribution in [2.75, 3.05) is 12.1 Å². The van der Waals surface area contributed by atoms with Crippen molar-refractivity contribution in [3.8, 4) is 11.5 Å². The molecule has 1 aliphatic heterocycles. The molecular formula is C22H22N4O5. The van der Waals surface area contributed by atoms with Crippen molar-refractivity contribution < 1.29 is 14.3 Å². The maximum absolute atomic E-state index is 13.2. The molecule has 9 nitrogen and oxygen atoms in total. The van der Waals surface area contributed by atoms with Gasteiger partial charge in [-0.2, -0.15) is 0 Å². The molecule has 1 fully saturated rings. The van der Waals surface area contributed by atoms with Gasteiger partial charge in [0, 0.05) is 29.9 Å². The van der Waals surface area contributed by atoms with Crippen molar-refractivity contribution in [1.82, 2.24) is 14.5 Å². The lowest BCUT2D eigenvalue weighted by Crippen LogP contribution is -2.33. The number of aromatic amines is 1. The predicted octanol–water partition coefficient (Wildman–Crippen LogP) is 2.60. The quantitative estimate of drug-likeness (QED) is 0.653. The van der Waals surface area contributed by atoms with E-state index in [1.165, 1.54) is 4.57 Å². The summed E-state index contributed by atoms with van der Waals surface area (Å²) in [6, 6.07) is 6.76. The van der Waals surface area contributed by atoms with Gasteiger partial charge >= 0.3 is 5.69 Å². The minimum atomic E-state index is -0.620. The molecule has 2 aliphatic rings. The van der Waals surface area contributed by atoms with Crippen molar-refractivity contribution in [3.63, 3.8) is 0 Å². The molecule has 160 valence electrons. The fourth-order valence-electron chi connectivity index (χ4n) is 3.77. The number of amides is 1. The first kappa shape index (κ1) is 19.3. The third-order valence-electron chi connectivity index (χ3n) is 5.39. The van der Waals surface area contributed by atoms with Crippen LogP contribution >= 0.6 is 0 Å². The topological polar surface area (TPSA) is 115 Å². The second kappa shape index (κ2) is 7.26. The van der Waals surface area contributed by atoms with Crippen LogP contribution in [-0.2, 0) is 6.54 Å². The molecule has 0 unspecified atom stereocenters. The maximum atomic E-state index is 13.2. The molecule has 1 saturated carbocycles. The van der Waals surface area contributed by atoms with Crippen LogP contribution in [0.1, 0.15) is 48.7 Å². The molecule has 9 heteroatoms. The first-order valence-electron chi connectivity index (χ1n) is 10.3.